The smallest absolute Gasteiger partial charge is 0.0971 e. The monoisotopic (exact) mass is 375 g/mol. The van der Waals surface area contributed by atoms with Crippen molar-refractivity contribution in [3.05, 3.63) is 71.3 Å². The number of aryl methyl sites for hydroxylation is 1. The Morgan fingerprint density at radius 2 is 2.04 bits per heavy atom. The maximum atomic E-state index is 4.67. The topological polar surface area (TPSA) is 46.8 Å². The number of nitrogens with zero attached hydrogens (tertiary/aromatic N) is 5. The van der Waals surface area contributed by atoms with Crippen LogP contribution >= 0.6 is 0 Å². The normalized spacial score (nSPS) is 17.0. The summed E-state index contributed by atoms with van der Waals surface area (Å²) in [5.74, 6) is 0. The van der Waals surface area contributed by atoms with Gasteiger partial charge in [-0.05, 0) is 61.1 Å². The van der Waals surface area contributed by atoms with E-state index in [2.05, 4.69) is 78.3 Å². The van der Waals surface area contributed by atoms with E-state index in [4.69, 9.17) is 0 Å². The maximum absolute atomic E-state index is 4.67. The van der Waals surface area contributed by atoms with Gasteiger partial charge in [-0.3, -0.25) is 9.88 Å². The largest absolute Gasteiger partial charge is 0.292 e. The zero-order valence-corrected chi connectivity index (χ0v) is 17.3. The van der Waals surface area contributed by atoms with Gasteiger partial charge in [0.05, 0.1) is 29.3 Å². The van der Waals surface area contributed by atoms with Gasteiger partial charge in [0.25, 0.3) is 0 Å². The molecule has 2 aromatic heterocycles. The summed E-state index contributed by atoms with van der Waals surface area (Å²) >= 11 is 0. The molecule has 4 rings (SSSR count). The van der Waals surface area contributed by atoms with Crippen LogP contribution in [0.1, 0.15) is 62.2 Å². The molecule has 0 amide bonds. The minimum atomic E-state index is 0.112. The number of rotatable bonds is 4. The molecular weight excluding hydrogens is 346 g/mol. The second kappa shape index (κ2) is 7.47. The molecule has 1 aliphatic carbocycles. The summed E-state index contributed by atoms with van der Waals surface area (Å²) in [4.78, 5) is 7.02. The van der Waals surface area contributed by atoms with Crippen LogP contribution < -0.4 is 0 Å². The average Bonchev–Trinajstić information content (AvgIpc) is 3.15. The van der Waals surface area contributed by atoms with Crippen molar-refractivity contribution in [1.82, 2.24) is 24.9 Å². The number of aromatic nitrogens is 4. The summed E-state index contributed by atoms with van der Waals surface area (Å²) in [5.41, 5.74) is 6.05. The third-order valence-corrected chi connectivity index (χ3v) is 5.63. The Labute approximate surface area is 167 Å². The van der Waals surface area contributed by atoms with Crippen LogP contribution in [-0.2, 0) is 18.4 Å². The van der Waals surface area contributed by atoms with Crippen molar-refractivity contribution >= 4 is 0 Å². The molecule has 0 saturated heterocycles. The summed E-state index contributed by atoms with van der Waals surface area (Å²) < 4.78 is 1.88. The van der Waals surface area contributed by atoms with Gasteiger partial charge in [-0.25, -0.2) is 4.68 Å². The fourth-order valence-electron chi connectivity index (χ4n) is 3.99. The molecule has 1 aliphatic rings. The molecule has 1 unspecified atom stereocenters. The van der Waals surface area contributed by atoms with Gasteiger partial charge >= 0.3 is 0 Å². The van der Waals surface area contributed by atoms with E-state index in [1.165, 1.54) is 23.2 Å². The Hall–Kier alpha value is -2.53. The molecule has 2 heterocycles. The van der Waals surface area contributed by atoms with Crippen molar-refractivity contribution in [1.29, 1.82) is 0 Å². The highest BCUT2D eigenvalue weighted by molar-refractivity contribution is 5.38. The van der Waals surface area contributed by atoms with Gasteiger partial charge in [0.15, 0.2) is 0 Å². The van der Waals surface area contributed by atoms with Crippen LogP contribution in [0.25, 0.3) is 5.69 Å². The van der Waals surface area contributed by atoms with Gasteiger partial charge in [-0.1, -0.05) is 44.2 Å². The molecule has 0 spiro atoms. The zero-order chi connectivity index (χ0) is 19.7. The van der Waals surface area contributed by atoms with E-state index < -0.39 is 0 Å². The first-order chi connectivity index (χ1) is 13.4. The van der Waals surface area contributed by atoms with Gasteiger partial charge in [0.1, 0.15) is 0 Å². The third kappa shape index (κ3) is 3.85. The standard InChI is InChI=1S/C23H29N5/c1-23(2,3)18-10-6-11-20(14-18)28-16-19(25-26-28)15-27(4)21-12-5-8-17-9-7-13-24-22(17)21/h6-7,9-11,13-14,16,21H,5,8,12,15H2,1-4H3. The van der Waals surface area contributed by atoms with Gasteiger partial charge in [0.2, 0.25) is 0 Å². The van der Waals surface area contributed by atoms with Crippen LogP contribution in [0.3, 0.4) is 0 Å². The Balaban J connectivity index is 1.52. The second-order valence-corrected chi connectivity index (χ2v) is 8.83. The molecule has 0 saturated carbocycles. The molecule has 28 heavy (non-hydrogen) atoms. The summed E-state index contributed by atoms with van der Waals surface area (Å²) in [7, 11) is 2.16. The molecule has 0 aliphatic heterocycles. The van der Waals surface area contributed by atoms with E-state index >= 15 is 0 Å². The molecule has 0 bridgehead atoms. The Morgan fingerprint density at radius 1 is 1.18 bits per heavy atom. The van der Waals surface area contributed by atoms with Crippen LogP contribution in [0, 0.1) is 0 Å². The van der Waals surface area contributed by atoms with E-state index in [-0.39, 0.29) is 5.41 Å². The van der Waals surface area contributed by atoms with Crippen molar-refractivity contribution < 1.29 is 0 Å². The quantitative estimate of drug-likeness (QED) is 0.675. The van der Waals surface area contributed by atoms with Gasteiger partial charge in [0, 0.05) is 12.7 Å². The Morgan fingerprint density at radius 3 is 2.86 bits per heavy atom. The molecule has 3 aromatic rings. The van der Waals surface area contributed by atoms with Crippen LogP contribution in [0.4, 0.5) is 0 Å². The molecule has 0 fully saturated rings. The first kappa shape index (κ1) is 18.8. The van der Waals surface area contributed by atoms with E-state index in [1.807, 2.05) is 23.1 Å². The second-order valence-electron chi connectivity index (χ2n) is 8.83. The molecular formula is C23H29N5. The zero-order valence-electron chi connectivity index (χ0n) is 17.3. The lowest BCUT2D eigenvalue weighted by Gasteiger charge is -2.31. The molecule has 5 nitrogen and oxygen atoms in total. The number of hydrogen-bond acceptors (Lipinski definition) is 4. The van der Waals surface area contributed by atoms with Crippen LogP contribution in [0.5, 0.6) is 0 Å². The Bertz CT molecular complexity index is 953. The number of fused-ring (bicyclic) bond motifs is 1. The van der Waals surface area contributed by atoms with Crippen LogP contribution in [0.2, 0.25) is 0 Å². The molecule has 1 atom stereocenters. The first-order valence-electron chi connectivity index (χ1n) is 10.1. The van der Waals surface area contributed by atoms with Gasteiger partial charge in [-0.15, -0.1) is 5.10 Å². The fraction of sp³-hybridized carbons (Fsp3) is 0.435. The minimum Gasteiger partial charge on any atom is -0.292 e. The van der Waals surface area contributed by atoms with Crippen molar-refractivity contribution in [2.45, 2.75) is 58.0 Å². The van der Waals surface area contributed by atoms with E-state index in [9.17, 15) is 0 Å². The lowest BCUT2D eigenvalue weighted by Crippen LogP contribution is -2.28. The van der Waals surface area contributed by atoms with Crippen molar-refractivity contribution in [2.75, 3.05) is 7.05 Å². The molecule has 0 N–H and O–H groups in total. The summed E-state index contributed by atoms with van der Waals surface area (Å²) in [6, 6.07) is 13.1. The highest BCUT2D eigenvalue weighted by Crippen LogP contribution is 2.32. The first-order valence-corrected chi connectivity index (χ1v) is 10.1. The third-order valence-electron chi connectivity index (χ3n) is 5.63. The molecule has 0 radical (unpaired) electrons. The SMILES string of the molecule is CN(Cc1cn(-c2cccc(C(C)(C)C)c2)nn1)C1CCCc2cccnc21. The lowest BCUT2D eigenvalue weighted by atomic mass is 9.87. The van der Waals surface area contributed by atoms with E-state index in [1.54, 1.807) is 0 Å². The van der Waals surface area contributed by atoms with Crippen molar-refractivity contribution in [3.8, 4) is 5.69 Å². The summed E-state index contributed by atoms with van der Waals surface area (Å²) in [5, 5.41) is 8.80. The van der Waals surface area contributed by atoms with E-state index in [0.29, 0.717) is 6.04 Å². The van der Waals surface area contributed by atoms with E-state index in [0.717, 1.165) is 30.8 Å². The van der Waals surface area contributed by atoms with Crippen LogP contribution in [-0.4, -0.2) is 31.9 Å². The lowest BCUT2D eigenvalue weighted by molar-refractivity contribution is 0.206. The minimum absolute atomic E-state index is 0.112. The number of hydrogen-bond donors (Lipinski definition) is 0. The number of benzene rings is 1. The molecule has 5 heteroatoms. The van der Waals surface area contributed by atoms with Crippen LogP contribution in [0.15, 0.2) is 48.8 Å². The molecule has 1 aromatic carbocycles. The predicted octanol–water partition coefficient (Wildman–Crippen LogP) is 4.47. The summed E-state index contributed by atoms with van der Waals surface area (Å²) in [6.45, 7) is 7.44. The maximum Gasteiger partial charge on any atom is 0.0971 e. The number of pyridine rings is 1. The fourth-order valence-corrected chi connectivity index (χ4v) is 3.99. The van der Waals surface area contributed by atoms with Gasteiger partial charge < -0.3 is 0 Å². The molecule has 146 valence electrons. The van der Waals surface area contributed by atoms with Crippen molar-refractivity contribution in [3.63, 3.8) is 0 Å². The highest BCUT2D eigenvalue weighted by Gasteiger charge is 2.25. The highest BCUT2D eigenvalue weighted by atomic mass is 15.4. The van der Waals surface area contributed by atoms with Crippen molar-refractivity contribution in [2.24, 2.45) is 0 Å². The predicted molar refractivity (Wildman–Crippen MR) is 111 cm³/mol. The Kier molecular flexibility index (Phi) is 5.02. The summed E-state index contributed by atoms with van der Waals surface area (Å²) in [6.07, 6.45) is 7.43. The average molecular weight is 376 g/mol. The van der Waals surface area contributed by atoms with Gasteiger partial charge in [-0.2, -0.15) is 0 Å².